The zero-order valence-electron chi connectivity index (χ0n) is 16.7. The van der Waals surface area contributed by atoms with Crippen LogP contribution in [0.2, 0.25) is 0 Å². The van der Waals surface area contributed by atoms with Crippen LogP contribution < -0.4 is 10.5 Å². The van der Waals surface area contributed by atoms with Gasteiger partial charge in [0.25, 0.3) is 6.02 Å². The summed E-state index contributed by atoms with van der Waals surface area (Å²) in [4.78, 5) is 9.31. The lowest BCUT2D eigenvalue weighted by atomic mass is 9.48. The molecule has 148 valence electrons. The Kier molecular flexibility index (Phi) is 3.70. The molecule has 2 N–H and O–H groups in total. The molecule has 29 heavy (non-hydrogen) atoms. The highest BCUT2D eigenvalue weighted by Crippen LogP contribution is 2.67. The molecule has 2 spiro atoms. The van der Waals surface area contributed by atoms with E-state index in [1.165, 1.54) is 0 Å². The summed E-state index contributed by atoms with van der Waals surface area (Å²) in [6.45, 7) is 4.75. The molecule has 2 aromatic rings. The molecule has 3 aliphatic rings. The summed E-state index contributed by atoms with van der Waals surface area (Å²) in [5, 5.41) is 9.39. The second kappa shape index (κ2) is 5.96. The fourth-order valence-electron chi connectivity index (χ4n) is 5.46. The smallest absolute Gasteiger partial charge is 0.283 e. The van der Waals surface area contributed by atoms with Crippen molar-refractivity contribution in [3.8, 4) is 11.8 Å². The summed E-state index contributed by atoms with van der Waals surface area (Å²) >= 11 is 0. The minimum Gasteiger partial charge on any atom is -0.487 e. The van der Waals surface area contributed by atoms with Crippen LogP contribution in [0.25, 0.3) is 0 Å². The molecular weight excluding hydrogens is 364 g/mol. The zero-order valence-corrected chi connectivity index (χ0v) is 16.7. The van der Waals surface area contributed by atoms with E-state index in [2.05, 4.69) is 31.0 Å². The topological polar surface area (TPSA) is 93.5 Å². The number of benzene rings is 1. The first-order chi connectivity index (χ1) is 13.9. The van der Waals surface area contributed by atoms with Crippen molar-refractivity contribution in [2.24, 2.45) is 16.1 Å². The maximum absolute atomic E-state index is 9.39. The van der Waals surface area contributed by atoms with E-state index in [1.54, 1.807) is 18.3 Å². The molecule has 0 radical (unpaired) electrons. The van der Waals surface area contributed by atoms with E-state index in [0.717, 1.165) is 41.8 Å². The van der Waals surface area contributed by atoms with Crippen molar-refractivity contribution < 1.29 is 9.47 Å². The van der Waals surface area contributed by atoms with Crippen LogP contribution in [0.1, 0.15) is 55.5 Å². The van der Waals surface area contributed by atoms with Crippen LogP contribution in [-0.4, -0.2) is 23.2 Å². The molecule has 0 amide bonds. The van der Waals surface area contributed by atoms with Crippen molar-refractivity contribution in [2.45, 2.75) is 50.7 Å². The molecule has 3 heterocycles. The molecule has 6 nitrogen and oxygen atoms in total. The first kappa shape index (κ1) is 18.0. The van der Waals surface area contributed by atoms with Crippen LogP contribution in [0.3, 0.4) is 0 Å². The first-order valence-corrected chi connectivity index (χ1v) is 10.1. The monoisotopic (exact) mass is 388 g/mol. The molecule has 1 aromatic carbocycles. The fourth-order valence-corrected chi connectivity index (χ4v) is 5.46. The second-order valence-corrected chi connectivity index (χ2v) is 8.76. The molecular formula is C23H24N4O2. The van der Waals surface area contributed by atoms with Crippen LogP contribution in [0.4, 0.5) is 0 Å². The standard InChI is InChI=1S/C23H24N4O2/c1-21(2)22(8-4-9-22)23(14-28-20(25)27-23)17-11-15(6-7-19(17)29-21)12-18-16(13-24)5-3-10-26-18/h3,5-7,10-11H,4,8-9,12,14H2,1-2H3,(H2,25,27). The maximum atomic E-state index is 9.39. The van der Waals surface area contributed by atoms with E-state index in [1.807, 2.05) is 12.1 Å². The van der Waals surface area contributed by atoms with Crippen molar-refractivity contribution in [2.75, 3.05) is 6.61 Å². The third-order valence-corrected chi connectivity index (χ3v) is 7.12. The lowest BCUT2D eigenvalue weighted by Crippen LogP contribution is -2.66. The van der Waals surface area contributed by atoms with E-state index >= 15 is 0 Å². The largest absolute Gasteiger partial charge is 0.487 e. The first-order valence-electron chi connectivity index (χ1n) is 10.1. The van der Waals surface area contributed by atoms with Gasteiger partial charge in [-0.15, -0.1) is 0 Å². The van der Waals surface area contributed by atoms with Gasteiger partial charge in [0.15, 0.2) is 0 Å². The Morgan fingerprint density at radius 1 is 1.24 bits per heavy atom. The number of hydrogen-bond donors (Lipinski definition) is 1. The Morgan fingerprint density at radius 2 is 2.07 bits per heavy atom. The minimum atomic E-state index is -0.537. The van der Waals surface area contributed by atoms with Gasteiger partial charge in [-0.2, -0.15) is 5.26 Å². The summed E-state index contributed by atoms with van der Waals surface area (Å²) in [5.74, 6) is 0.833. The SMILES string of the molecule is CC1(C)Oc2ccc(Cc3ncccc3C#N)cc2C2(COC(N)=N2)C12CCC2. The van der Waals surface area contributed by atoms with E-state index in [-0.39, 0.29) is 17.0 Å². The number of pyridine rings is 1. The molecule has 2 aliphatic heterocycles. The van der Waals surface area contributed by atoms with Gasteiger partial charge in [0.05, 0.1) is 11.3 Å². The number of fused-ring (bicyclic) bond motifs is 3. The Hall–Kier alpha value is -3.07. The average Bonchev–Trinajstić information content (AvgIpc) is 3.03. The molecule has 0 bridgehead atoms. The van der Waals surface area contributed by atoms with Gasteiger partial charge in [0.1, 0.15) is 29.6 Å². The number of nitrogens with zero attached hydrogens (tertiary/aromatic N) is 3. The Morgan fingerprint density at radius 3 is 2.72 bits per heavy atom. The van der Waals surface area contributed by atoms with Crippen molar-refractivity contribution >= 4 is 6.02 Å². The van der Waals surface area contributed by atoms with Gasteiger partial charge in [0.2, 0.25) is 0 Å². The van der Waals surface area contributed by atoms with Crippen LogP contribution in [-0.2, 0) is 16.7 Å². The third-order valence-electron chi connectivity index (χ3n) is 7.12. The number of nitrogens with two attached hydrogens (primary N) is 1. The highest BCUT2D eigenvalue weighted by atomic mass is 16.5. The van der Waals surface area contributed by atoms with Gasteiger partial charge in [-0.25, -0.2) is 4.99 Å². The third kappa shape index (κ3) is 2.33. The summed E-state index contributed by atoms with van der Waals surface area (Å²) in [7, 11) is 0. The molecule has 1 fully saturated rings. The molecule has 1 aliphatic carbocycles. The van der Waals surface area contributed by atoms with Gasteiger partial charge < -0.3 is 15.2 Å². The second-order valence-electron chi connectivity index (χ2n) is 8.76. The highest BCUT2D eigenvalue weighted by Gasteiger charge is 2.69. The van der Waals surface area contributed by atoms with Crippen LogP contribution >= 0.6 is 0 Å². The van der Waals surface area contributed by atoms with E-state index in [4.69, 9.17) is 20.2 Å². The van der Waals surface area contributed by atoms with E-state index in [0.29, 0.717) is 18.6 Å². The van der Waals surface area contributed by atoms with Crippen molar-refractivity contribution in [1.29, 1.82) is 5.26 Å². The van der Waals surface area contributed by atoms with Gasteiger partial charge in [0, 0.05) is 23.6 Å². The number of hydrogen-bond acceptors (Lipinski definition) is 6. The minimum absolute atomic E-state index is 0.143. The molecule has 5 rings (SSSR count). The van der Waals surface area contributed by atoms with Crippen molar-refractivity contribution in [1.82, 2.24) is 4.98 Å². The highest BCUT2D eigenvalue weighted by molar-refractivity contribution is 5.75. The number of aliphatic imine (C=N–C) groups is 1. The Labute approximate surface area is 170 Å². The predicted octanol–water partition coefficient (Wildman–Crippen LogP) is 3.43. The fraction of sp³-hybridized carbons (Fsp3) is 0.435. The molecule has 6 heteroatoms. The van der Waals surface area contributed by atoms with Gasteiger partial charge in [-0.05, 0) is 56.5 Å². The molecule has 1 unspecified atom stereocenters. The quantitative estimate of drug-likeness (QED) is 0.851. The van der Waals surface area contributed by atoms with Crippen molar-refractivity contribution in [3.63, 3.8) is 0 Å². The molecule has 1 atom stereocenters. The van der Waals surface area contributed by atoms with E-state index in [9.17, 15) is 5.26 Å². The normalized spacial score (nSPS) is 25.3. The zero-order chi connectivity index (χ0) is 20.3. The Bertz CT molecular complexity index is 1060. The summed E-state index contributed by atoms with van der Waals surface area (Å²) in [6.07, 6.45) is 5.51. The lowest BCUT2D eigenvalue weighted by Gasteiger charge is -2.62. The Balaban J connectivity index is 1.64. The van der Waals surface area contributed by atoms with Crippen LogP contribution in [0, 0.1) is 16.7 Å². The number of amidine groups is 1. The number of ether oxygens (including phenoxy) is 2. The maximum Gasteiger partial charge on any atom is 0.283 e. The van der Waals surface area contributed by atoms with E-state index < -0.39 is 5.54 Å². The van der Waals surface area contributed by atoms with Crippen molar-refractivity contribution in [3.05, 3.63) is 58.9 Å². The van der Waals surface area contributed by atoms with Crippen LogP contribution in [0.15, 0.2) is 41.5 Å². The van der Waals surface area contributed by atoms with Crippen LogP contribution in [0.5, 0.6) is 5.75 Å². The number of aromatic nitrogens is 1. The molecule has 1 aromatic heterocycles. The van der Waals surface area contributed by atoms with Gasteiger partial charge >= 0.3 is 0 Å². The number of nitriles is 1. The molecule has 1 saturated carbocycles. The number of rotatable bonds is 2. The average molecular weight is 388 g/mol. The summed E-state index contributed by atoms with van der Waals surface area (Å²) in [6, 6.07) is 12.3. The van der Waals surface area contributed by atoms with Gasteiger partial charge in [-0.3, -0.25) is 4.98 Å². The summed E-state index contributed by atoms with van der Waals surface area (Å²) < 4.78 is 12.3. The predicted molar refractivity (Wildman–Crippen MR) is 108 cm³/mol. The van der Waals surface area contributed by atoms with Gasteiger partial charge in [-0.1, -0.05) is 12.5 Å². The lowest BCUT2D eigenvalue weighted by molar-refractivity contribution is -0.157. The molecule has 0 saturated heterocycles. The summed E-state index contributed by atoms with van der Waals surface area (Å²) in [5.41, 5.74) is 8.44.